The van der Waals surface area contributed by atoms with Crippen LogP contribution in [0.25, 0.3) is 0 Å². The zero-order valence-corrected chi connectivity index (χ0v) is 13.7. The molecule has 0 unspecified atom stereocenters. The Kier molecular flexibility index (Phi) is 5.11. The zero-order chi connectivity index (χ0) is 16.8. The first kappa shape index (κ1) is 16.1. The summed E-state index contributed by atoms with van der Waals surface area (Å²) in [6, 6.07) is 11.5. The van der Waals surface area contributed by atoms with Gasteiger partial charge in [-0.15, -0.1) is 6.58 Å². The molecular weight excluding hydrogens is 300 g/mol. The van der Waals surface area contributed by atoms with Gasteiger partial charge in [0.25, 0.3) is 5.91 Å². The van der Waals surface area contributed by atoms with Crippen molar-refractivity contribution in [1.82, 2.24) is 4.98 Å². The normalized spacial score (nSPS) is 13.6. The minimum atomic E-state index is -0.217. The molecule has 1 aliphatic rings. The highest BCUT2D eigenvalue weighted by Crippen LogP contribution is 2.22. The van der Waals surface area contributed by atoms with Gasteiger partial charge in [0.2, 0.25) is 0 Å². The van der Waals surface area contributed by atoms with E-state index in [0.717, 1.165) is 24.5 Å². The molecule has 24 heavy (non-hydrogen) atoms. The van der Waals surface area contributed by atoms with Gasteiger partial charge in [0.15, 0.2) is 0 Å². The fraction of sp³-hybridized carbons (Fsp3) is 0.263. The Morgan fingerprint density at radius 2 is 1.92 bits per heavy atom. The van der Waals surface area contributed by atoms with Gasteiger partial charge in [-0.3, -0.25) is 9.78 Å². The quantitative estimate of drug-likeness (QED) is 0.799. The second-order valence-electron chi connectivity index (χ2n) is 5.79. The first-order valence-electron chi connectivity index (χ1n) is 8.23. The average Bonchev–Trinajstić information content (AvgIpc) is 3.15. The Bertz CT molecular complexity index is 706. The van der Waals surface area contributed by atoms with E-state index in [4.69, 9.17) is 0 Å². The predicted molar refractivity (Wildman–Crippen MR) is 98.8 cm³/mol. The molecule has 3 rings (SSSR count). The highest BCUT2D eigenvalue weighted by molar-refractivity contribution is 6.03. The SMILES string of the molecule is C=CCNc1ccnc(C(=O)Nc2ccc(N3CCCC3)cc2)c1. The lowest BCUT2D eigenvalue weighted by atomic mass is 10.2. The molecule has 1 aliphatic heterocycles. The number of aromatic nitrogens is 1. The predicted octanol–water partition coefficient (Wildman–Crippen LogP) is 3.53. The van der Waals surface area contributed by atoms with E-state index in [1.54, 1.807) is 18.3 Å². The number of amides is 1. The van der Waals surface area contributed by atoms with Crippen LogP contribution in [-0.4, -0.2) is 30.5 Å². The second kappa shape index (κ2) is 7.64. The Balaban J connectivity index is 1.64. The van der Waals surface area contributed by atoms with Crippen molar-refractivity contribution < 1.29 is 4.79 Å². The largest absolute Gasteiger partial charge is 0.381 e. The van der Waals surface area contributed by atoms with E-state index in [1.807, 2.05) is 18.2 Å². The molecule has 0 bridgehead atoms. The van der Waals surface area contributed by atoms with E-state index in [1.165, 1.54) is 18.5 Å². The van der Waals surface area contributed by atoms with Crippen molar-refractivity contribution in [3.05, 3.63) is 60.9 Å². The molecule has 2 N–H and O–H groups in total. The van der Waals surface area contributed by atoms with Gasteiger partial charge in [-0.05, 0) is 49.2 Å². The van der Waals surface area contributed by atoms with Crippen LogP contribution in [-0.2, 0) is 0 Å². The first-order chi connectivity index (χ1) is 11.8. The van der Waals surface area contributed by atoms with Crippen molar-refractivity contribution >= 4 is 23.0 Å². The van der Waals surface area contributed by atoms with Crippen molar-refractivity contribution in [2.45, 2.75) is 12.8 Å². The van der Waals surface area contributed by atoms with Crippen molar-refractivity contribution in [1.29, 1.82) is 0 Å². The second-order valence-corrected chi connectivity index (χ2v) is 5.79. The Morgan fingerprint density at radius 1 is 1.17 bits per heavy atom. The molecule has 1 amide bonds. The molecule has 1 aromatic carbocycles. The number of anilines is 3. The monoisotopic (exact) mass is 322 g/mol. The van der Waals surface area contributed by atoms with E-state index in [-0.39, 0.29) is 5.91 Å². The van der Waals surface area contributed by atoms with Gasteiger partial charge in [-0.2, -0.15) is 0 Å². The molecule has 5 heteroatoms. The maximum Gasteiger partial charge on any atom is 0.274 e. The van der Waals surface area contributed by atoms with Crippen LogP contribution < -0.4 is 15.5 Å². The Hall–Kier alpha value is -2.82. The van der Waals surface area contributed by atoms with Crippen LogP contribution in [0.2, 0.25) is 0 Å². The van der Waals surface area contributed by atoms with Gasteiger partial charge in [0.05, 0.1) is 0 Å². The summed E-state index contributed by atoms with van der Waals surface area (Å²) in [4.78, 5) is 18.9. The molecule has 0 atom stereocenters. The van der Waals surface area contributed by atoms with Crippen molar-refractivity contribution in [2.24, 2.45) is 0 Å². The average molecular weight is 322 g/mol. The highest BCUT2D eigenvalue weighted by atomic mass is 16.1. The summed E-state index contributed by atoms with van der Waals surface area (Å²) >= 11 is 0. The molecular formula is C19H22N4O. The molecule has 5 nitrogen and oxygen atoms in total. The van der Waals surface area contributed by atoms with Crippen LogP contribution in [0.4, 0.5) is 17.1 Å². The molecule has 2 aromatic rings. The molecule has 2 heterocycles. The molecule has 0 spiro atoms. The van der Waals surface area contributed by atoms with Crippen LogP contribution in [0.15, 0.2) is 55.3 Å². The fourth-order valence-electron chi connectivity index (χ4n) is 2.78. The summed E-state index contributed by atoms with van der Waals surface area (Å²) < 4.78 is 0. The molecule has 124 valence electrons. The van der Waals surface area contributed by atoms with Crippen LogP contribution in [0, 0.1) is 0 Å². The fourth-order valence-corrected chi connectivity index (χ4v) is 2.78. The third-order valence-electron chi connectivity index (χ3n) is 4.04. The molecule has 1 aromatic heterocycles. The van der Waals surface area contributed by atoms with Gasteiger partial charge in [-0.25, -0.2) is 0 Å². The summed E-state index contributed by atoms with van der Waals surface area (Å²) in [5, 5.41) is 6.04. The highest BCUT2D eigenvalue weighted by Gasteiger charge is 2.13. The number of nitrogens with zero attached hydrogens (tertiary/aromatic N) is 2. The molecule has 0 aliphatic carbocycles. The van der Waals surface area contributed by atoms with Gasteiger partial charge in [0, 0.05) is 42.9 Å². The summed E-state index contributed by atoms with van der Waals surface area (Å²) in [6.45, 7) is 6.53. The standard InChI is InChI=1S/C19H22N4O/c1-2-10-20-16-9-11-21-18(14-16)19(24)22-15-5-7-17(8-6-15)23-12-3-4-13-23/h2,5-9,11,14H,1,3-4,10,12-13H2,(H,20,21)(H,22,24). The van der Waals surface area contributed by atoms with Gasteiger partial charge >= 0.3 is 0 Å². The van der Waals surface area contributed by atoms with E-state index in [0.29, 0.717) is 12.2 Å². The number of hydrogen-bond donors (Lipinski definition) is 2. The number of carbonyl (C=O) groups excluding carboxylic acids is 1. The molecule has 1 fully saturated rings. The Labute approximate surface area is 142 Å². The van der Waals surface area contributed by atoms with E-state index in [2.05, 4.69) is 39.2 Å². The summed E-state index contributed by atoms with van der Waals surface area (Å²) in [6.07, 6.45) is 5.89. The maximum absolute atomic E-state index is 12.3. The van der Waals surface area contributed by atoms with Gasteiger partial charge < -0.3 is 15.5 Å². The summed E-state index contributed by atoms with van der Waals surface area (Å²) in [5.41, 5.74) is 3.21. The van der Waals surface area contributed by atoms with E-state index >= 15 is 0 Å². The third-order valence-corrected chi connectivity index (χ3v) is 4.04. The zero-order valence-electron chi connectivity index (χ0n) is 13.7. The van der Waals surface area contributed by atoms with Crippen molar-refractivity contribution in [3.63, 3.8) is 0 Å². The van der Waals surface area contributed by atoms with Crippen LogP contribution in [0.5, 0.6) is 0 Å². The maximum atomic E-state index is 12.3. The van der Waals surface area contributed by atoms with E-state index in [9.17, 15) is 4.79 Å². The summed E-state index contributed by atoms with van der Waals surface area (Å²) in [5.74, 6) is -0.217. The van der Waals surface area contributed by atoms with Crippen LogP contribution in [0.3, 0.4) is 0 Å². The lowest BCUT2D eigenvalue weighted by molar-refractivity contribution is 0.102. The topological polar surface area (TPSA) is 57.3 Å². The number of benzene rings is 1. The number of hydrogen-bond acceptors (Lipinski definition) is 4. The summed E-state index contributed by atoms with van der Waals surface area (Å²) in [7, 11) is 0. The van der Waals surface area contributed by atoms with Crippen LogP contribution >= 0.6 is 0 Å². The lowest BCUT2D eigenvalue weighted by Gasteiger charge is -2.17. The van der Waals surface area contributed by atoms with Gasteiger partial charge in [-0.1, -0.05) is 6.08 Å². The number of carbonyl (C=O) groups is 1. The smallest absolute Gasteiger partial charge is 0.274 e. The first-order valence-corrected chi connectivity index (χ1v) is 8.23. The minimum Gasteiger partial charge on any atom is -0.381 e. The van der Waals surface area contributed by atoms with Crippen molar-refractivity contribution in [3.8, 4) is 0 Å². The Morgan fingerprint density at radius 3 is 2.62 bits per heavy atom. The number of rotatable bonds is 6. The van der Waals surface area contributed by atoms with Crippen molar-refractivity contribution in [2.75, 3.05) is 35.2 Å². The van der Waals surface area contributed by atoms with Crippen LogP contribution in [0.1, 0.15) is 23.3 Å². The minimum absolute atomic E-state index is 0.217. The lowest BCUT2D eigenvalue weighted by Crippen LogP contribution is -2.17. The van der Waals surface area contributed by atoms with Gasteiger partial charge in [0.1, 0.15) is 5.69 Å². The molecule has 0 saturated carbocycles. The molecule has 1 saturated heterocycles. The number of nitrogens with one attached hydrogen (secondary N) is 2. The molecule has 0 radical (unpaired) electrons. The van der Waals surface area contributed by atoms with E-state index < -0.39 is 0 Å². The third kappa shape index (κ3) is 3.93. The number of pyridine rings is 1.